The number of carbonyl (C=O) groups is 1. The van der Waals surface area contributed by atoms with Crippen molar-refractivity contribution in [3.8, 4) is 0 Å². The highest BCUT2D eigenvalue weighted by Gasteiger charge is 2.34. The highest BCUT2D eigenvalue weighted by Crippen LogP contribution is 2.42. The van der Waals surface area contributed by atoms with Crippen molar-refractivity contribution in [2.75, 3.05) is 6.54 Å². The van der Waals surface area contributed by atoms with Gasteiger partial charge in [-0.05, 0) is 57.4 Å². The molecule has 1 heterocycles. The third-order valence-corrected chi connectivity index (χ3v) is 4.84. The average molecular weight is 339 g/mol. The minimum absolute atomic E-state index is 0.278. The van der Waals surface area contributed by atoms with Gasteiger partial charge in [0, 0.05) is 23.5 Å². The Labute approximate surface area is 144 Å². The van der Waals surface area contributed by atoms with Gasteiger partial charge in [-0.1, -0.05) is 19.4 Å². The topological polar surface area (TPSA) is 50.4 Å². The van der Waals surface area contributed by atoms with E-state index in [4.69, 9.17) is 4.74 Å². The summed E-state index contributed by atoms with van der Waals surface area (Å²) in [5, 5.41) is 8.83. The number of amides is 1. The first-order valence-electron chi connectivity index (χ1n) is 8.65. The molecule has 1 aliphatic rings. The van der Waals surface area contributed by atoms with E-state index in [1.54, 1.807) is 0 Å². The van der Waals surface area contributed by atoms with Gasteiger partial charge in [0.15, 0.2) is 0 Å². The summed E-state index contributed by atoms with van der Waals surface area (Å²) < 4.78 is 5.33. The SMILES string of the molecule is CCCC(CNC(=O)OC(C)(C)C)NC(c1cccs1)C1CC1. The first-order valence-corrected chi connectivity index (χ1v) is 9.53. The summed E-state index contributed by atoms with van der Waals surface area (Å²) in [6.07, 6.45) is 4.40. The van der Waals surface area contributed by atoms with Crippen molar-refractivity contribution in [2.24, 2.45) is 5.92 Å². The monoisotopic (exact) mass is 338 g/mol. The van der Waals surface area contributed by atoms with E-state index in [1.807, 2.05) is 32.1 Å². The van der Waals surface area contributed by atoms with Gasteiger partial charge in [0.25, 0.3) is 0 Å². The van der Waals surface area contributed by atoms with Gasteiger partial charge >= 0.3 is 6.09 Å². The molecule has 5 heteroatoms. The molecule has 0 radical (unpaired) electrons. The second-order valence-corrected chi connectivity index (χ2v) is 8.34. The van der Waals surface area contributed by atoms with Crippen LogP contribution in [0.15, 0.2) is 17.5 Å². The van der Waals surface area contributed by atoms with Crippen LogP contribution < -0.4 is 10.6 Å². The normalized spacial score (nSPS) is 17.6. The Morgan fingerprint density at radius 1 is 1.43 bits per heavy atom. The van der Waals surface area contributed by atoms with Gasteiger partial charge in [0.1, 0.15) is 5.60 Å². The molecule has 2 unspecified atom stereocenters. The Balaban J connectivity index is 1.88. The lowest BCUT2D eigenvalue weighted by Crippen LogP contribution is -2.44. The highest BCUT2D eigenvalue weighted by atomic mass is 32.1. The van der Waals surface area contributed by atoms with Gasteiger partial charge in [0.2, 0.25) is 0 Å². The van der Waals surface area contributed by atoms with E-state index in [9.17, 15) is 4.79 Å². The summed E-state index contributed by atoms with van der Waals surface area (Å²) in [6, 6.07) is 5.03. The lowest BCUT2D eigenvalue weighted by Gasteiger charge is -2.26. The molecular formula is C18H30N2O2S. The number of hydrogen-bond acceptors (Lipinski definition) is 4. The number of hydrogen-bond donors (Lipinski definition) is 2. The third kappa shape index (κ3) is 6.51. The van der Waals surface area contributed by atoms with E-state index in [1.165, 1.54) is 17.7 Å². The maximum atomic E-state index is 11.9. The number of alkyl carbamates (subject to hydrolysis) is 1. The third-order valence-electron chi connectivity index (χ3n) is 3.89. The summed E-state index contributed by atoms with van der Waals surface area (Å²) in [5.41, 5.74) is -0.453. The zero-order valence-electron chi connectivity index (χ0n) is 14.7. The molecule has 0 aliphatic heterocycles. The van der Waals surface area contributed by atoms with Crippen LogP contribution in [0.4, 0.5) is 4.79 Å². The van der Waals surface area contributed by atoms with Gasteiger partial charge in [-0.2, -0.15) is 0 Å². The van der Waals surface area contributed by atoms with Crippen LogP contribution in [0.1, 0.15) is 64.3 Å². The molecule has 23 heavy (non-hydrogen) atoms. The van der Waals surface area contributed by atoms with Crippen molar-refractivity contribution < 1.29 is 9.53 Å². The molecule has 1 aromatic rings. The number of nitrogens with one attached hydrogen (secondary N) is 2. The quantitative estimate of drug-likeness (QED) is 0.734. The van der Waals surface area contributed by atoms with Crippen LogP contribution in [0, 0.1) is 5.92 Å². The van der Waals surface area contributed by atoms with E-state index in [0.717, 1.165) is 18.8 Å². The van der Waals surface area contributed by atoms with Crippen LogP contribution in [0.5, 0.6) is 0 Å². The fraction of sp³-hybridized carbons (Fsp3) is 0.722. The number of rotatable bonds is 8. The van der Waals surface area contributed by atoms with Crippen molar-refractivity contribution in [3.63, 3.8) is 0 Å². The molecule has 4 nitrogen and oxygen atoms in total. The van der Waals surface area contributed by atoms with Crippen LogP contribution in [0.2, 0.25) is 0 Å². The minimum atomic E-state index is -0.453. The van der Waals surface area contributed by atoms with E-state index < -0.39 is 5.60 Å². The van der Waals surface area contributed by atoms with Crippen LogP contribution in [0.3, 0.4) is 0 Å². The summed E-state index contributed by atoms with van der Waals surface area (Å²) in [4.78, 5) is 13.3. The van der Waals surface area contributed by atoms with Gasteiger partial charge in [-0.15, -0.1) is 11.3 Å². The molecule has 1 aromatic heterocycles. The van der Waals surface area contributed by atoms with Gasteiger partial charge in [0.05, 0.1) is 0 Å². The zero-order chi connectivity index (χ0) is 16.9. The van der Waals surface area contributed by atoms with Crippen molar-refractivity contribution >= 4 is 17.4 Å². The molecule has 130 valence electrons. The summed E-state index contributed by atoms with van der Waals surface area (Å²) in [5.74, 6) is 0.745. The van der Waals surface area contributed by atoms with E-state index in [-0.39, 0.29) is 12.1 Å². The zero-order valence-corrected chi connectivity index (χ0v) is 15.5. The van der Waals surface area contributed by atoms with E-state index in [2.05, 4.69) is 35.1 Å². The average Bonchev–Trinajstić information content (AvgIpc) is 3.14. The number of carbonyl (C=O) groups excluding carboxylic acids is 1. The second-order valence-electron chi connectivity index (χ2n) is 7.37. The smallest absolute Gasteiger partial charge is 0.407 e. The molecule has 0 spiro atoms. The number of ether oxygens (including phenoxy) is 1. The van der Waals surface area contributed by atoms with Crippen molar-refractivity contribution in [1.82, 2.24) is 10.6 Å². The predicted molar refractivity (Wildman–Crippen MR) is 95.9 cm³/mol. The molecule has 1 fully saturated rings. The minimum Gasteiger partial charge on any atom is -0.444 e. The Bertz CT molecular complexity index is 478. The van der Waals surface area contributed by atoms with Gasteiger partial charge in [-0.3, -0.25) is 0 Å². The maximum absolute atomic E-state index is 11.9. The first-order chi connectivity index (χ1) is 10.9. The Morgan fingerprint density at radius 3 is 2.70 bits per heavy atom. The summed E-state index contributed by atoms with van der Waals surface area (Å²) in [6.45, 7) is 8.44. The van der Waals surface area contributed by atoms with Crippen molar-refractivity contribution in [3.05, 3.63) is 22.4 Å². The van der Waals surface area contributed by atoms with Crippen LogP contribution in [-0.2, 0) is 4.74 Å². The molecule has 0 saturated heterocycles. The standard InChI is InChI=1S/C18H30N2O2S/c1-5-7-14(12-19-17(21)22-18(2,3)4)20-16(13-9-10-13)15-8-6-11-23-15/h6,8,11,13-14,16,20H,5,7,9-10,12H2,1-4H3,(H,19,21). The fourth-order valence-electron chi connectivity index (χ4n) is 2.72. The maximum Gasteiger partial charge on any atom is 0.407 e. The van der Waals surface area contributed by atoms with Crippen molar-refractivity contribution in [2.45, 2.75) is 71.1 Å². The molecule has 2 atom stereocenters. The molecule has 0 bridgehead atoms. The summed E-state index contributed by atoms with van der Waals surface area (Å²) >= 11 is 1.82. The molecule has 2 N–H and O–H groups in total. The molecule has 1 aliphatic carbocycles. The Kier molecular flexibility index (Phi) is 6.48. The summed E-state index contributed by atoms with van der Waals surface area (Å²) in [7, 11) is 0. The largest absolute Gasteiger partial charge is 0.444 e. The van der Waals surface area contributed by atoms with E-state index in [0.29, 0.717) is 12.6 Å². The first kappa shape index (κ1) is 18.3. The lowest BCUT2D eigenvalue weighted by molar-refractivity contribution is 0.0520. The van der Waals surface area contributed by atoms with E-state index >= 15 is 0 Å². The fourth-order valence-corrected chi connectivity index (χ4v) is 3.59. The Morgan fingerprint density at radius 2 is 2.17 bits per heavy atom. The van der Waals surface area contributed by atoms with Crippen LogP contribution in [0.25, 0.3) is 0 Å². The highest BCUT2D eigenvalue weighted by molar-refractivity contribution is 7.10. The molecular weight excluding hydrogens is 308 g/mol. The Hall–Kier alpha value is -1.07. The van der Waals surface area contributed by atoms with Crippen LogP contribution in [-0.4, -0.2) is 24.3 Å². The van der Waals surface area contributed by atoms with Crippen molar-refractivity contribution in [1.29, 1.82) is 0 Å². The molecule has 2 rings (SSSR count). The lowest BCUT2D eigenvalue weighted by atomic mass is 10.1. The second kappa shape index (κ2) is 8.15. The molecule has 0 aromatic carbocycles. The molecule has 1 saturated carbocycles. The number of thiophene rings is 1. The van der Waals surface area contributed by atoms with Crippen LogP contribution >= 0.6 is 11.3 Å². The predicted octanol–water partition coefficient (Wildman–Crippen LogP) is 4.48. The van der Waals surface area contributed by atoms with Gasteiger partial charge < -0.3 is 15.4 Å². The van der Waals surface area contributed by atoms with Gasteiger partial charge in [-0.25, -0.2) is 4.79 Å². The molecule has 1 amide bonds.